The molecule has 126 valence electrons. The minimum absolute atomic E-state index is 0.707. The molecule has 0 spiro atoms. The van der Waals surface area contributed by atoms with Gasteiger partial charge in [0.25, 0.3) is 0 Å². The van der Waals surface area contributed by atoms with Gasteiger partial charge in [-0.15, -0.1) is 0 Å². The Balaban J connectivity index is 1.59. The van der Waals surface area contributed by atoms with E-state index < -0.39 is 0 Å². The van der Waals surface area contributed by atoms with Gasteiger partial charge in [0.2, 0.25) is 0 Å². The van der Waals surface area contributed by atoms with Crippen molar-refractivity contribution < 1.29 is 9.47 Å². The van der Waals surface area contributed by atoms with Crippen molar-refractivity contribution >= 4 is 17.2 Å². The van der Waals surface area contributed by atoms with Gasteiger partial charge in [0.15, 0.2) is 0 Å². The van der Waals surface area contributed by atoms with E-state index in [-0.39, 0.29) is 0 Å². The van der Waals surface area contributed by atoms with Crippen molar-refractivity contribution in [3.05, 3.63) is 65.2 Å². The highest BCUT2D eigenvalue weighted by Crippen LogP contribution is 2.25. The number of hydrogen-bond donors (Lipinski definition) is 0. The maximum Gasteiger partial charge on any atom is 0.127 e. The molecule has 0 radical (unpaired) electrons. The minimum atomic E-state index is 0.707. The van der Waals surface area contributed by atoms with Crippen LogP contribution in [0.1, 0.15) is 12.5 Å². The molecule has 0 atom stereocenters. The largest absolute Gasteiger partial charge is 0.457 e. The fourth-order valence-corrected chi connectivity index (χ4v) is 2.72. The van der Waals surface area contributed by atoms with Crippen LogP contribution in [-0.2, 0) is 4.74 Å². The lowest BCUT2D eigenvalue weighted by molar-refractivity contribution is 0.0435. The first kappa shape index (κ1) is 17.0. The molecule has 24 heavy (non-hydrogen) atoms. The summed E-state index contributed by atoms with van der Waals surface area (Å²) in [6.07, 6.45) is 2.28. The molecule has 0 amide bonds. The number of halogens is 1. The second-order valence-corrected chi connectivity index (χ2v) is 6.32. The average molecular weight is 344 g/mol. The lowest BCUT2D eigenvalue weighted by atomic mass is 10.1. The molecule has 4 heteroatoms. The molecule has 0 saturated carbocycles. The molecule has 0 unspecified atom stereocenters. The van der Waals surface area contributed by atoms with Crippen LogP contribution in [0.5, 0.6) is 11.5 Å². The quantitative estimate of drug-likeness (QED) is 0.773. The molecular formula is C20H22ClNO2. The topological polar surface area (TPSA) is 21.7 Å². The summed E-state index contributed by atoms with van der Waals surface area (Å²) in [6.45, 7) is 6.82. The summed E-state index contributed by atoms with van der Waals surface area (Å²) < 4.78 is 11.2. The van der Waals surface area contributed by atoms with Crippen LogP contribution in [0.4, 0.5) is 0 Å². The number of benzene rings is 2. The Kier molecular flexibility index (Phi) is 5.91. The van der Waals surface area contributed by atoms with Gasteiger partial charge < -0.3 is 9.47 Å². The summed E-state index contributed by atoms with van der Waals surface area (Å²) in [6, 6.07) is 15.6. The Morgan fingerprint density at radius 2 is 1.62 bits per heavy atom. The van der Waals surface area contributed by atoms with Crippen molar-refractivity contribution in [2.45, 2.75) is 6.92 Å². The maximum absolute atomic E-state index is 5.88. The van der Waals surface area contributed by atoms with E-state index in [1.165, 1.54) is 11.1 Å². The number of morpholine rings is 1. The van der Waals surface area contributed by atoms with Gasteiger partial charge in [-0.25, -0.2) is 0 Å². The van der Waals surface area contributed by atoms with Gasteiger partial charge in [-0.05, 0) is 54.5 Å². The molecule has 2 aromatic rings. The molecule has 1 heterocycles. The zero-order valence-electron chi connectivity index (χ0n) is 13.9. The van der Waals surface area contributed by atoms with Gasteiger partial charge in [0.05, 0.1) is 13.2 Å². The van der Waals surface area contributed by atoms with Crippen molar-refractivity contribution in [2.75, 3.05) is 32.8 Å². The molecular weight excluding hydrogens is 322 g/mol. The minimum Gasteiger partial charge on any atom is -0.457 e. The molecule has 1 aliphatic heterocycles. The summed E-state index contributed by atoms with van der Waals surface area (Å²) in [5.41, 5.74) is 2.49. The number of allylic oxidation sites excluding steroid dienone is 1. The van der Waals surface area contributed by atoms with Crippen LogP contribution >= 0.6 is 11.6 Å². The molecule has 1 saturated heterocycles. The summed E-state index contributed by atoms with van der Waals surface area (Å²) in [5.74, 6) is 1.61. The highest BCUT2D eigenvalue weighted by molar-refractivity contribution is 6.30. The molecule has 1 fully saturated rings. The van der Waals surface area contributed by atoms with E-state index in [9.17, 15) is 0 Å². The Hall–Kier alpha value is -1.81. The highest BCUT2D eigenvalue weighted by Gasteiger charge is 2.08. The van der Waals surface area contributed by atoms with Crippen molar-refractivity contribution in [1.82, 2.24) is 4.90 Å². The number of nitrogens with zero attached hydrogens (tertiary/aromatic N) is 1. The van der Waals surface area contributed by atoms with Crippen molar-refractivity contribution in [1.29, 1.82) is 0 Å². The molecule has 0 aliphatic carbocycles. The van der Waals surface area contributed by atoms with E-state index in [0.717, 1.165) is 44.3 Å². The van der Waals surface area contributed by atoms with Crippen LogP contribution in [0.25, 0.3) is 5.57 Å². The maximum atomic E-state index is 5.88. The molecule has 0 bridgehead atoms. The Bertz CT molecular complexity index is 674. The third-order valence-electron chi connectivity index (χ3n) is 4.12. The normalized spacial score (nSPS) is 16.2. The molecule has 1 aliphatic rings. The molecule has 2 aromatic carbocycles. The van der Waals surface area contributed by atoms with Crippen molar-refractivity contribution in [2.24, 2.45) is 0 Å². The smallest absolute Gasteiger partial charge is 0.127 e. The third-order valence-corrected chi connectivity index (χ3v) is 4.37. The second kappa shape index (κ2) is 8.34. The zero-order chi connectivity index (χ0) is 16.8. The first-order valence-corrected chi connectivity index (χ1v) is 8.59. The standard InChI is InChI=1S/C20H22ClNO2/c1-16(10-11-22-12-14-23-15-13-22)17-2-6-19(7-3-17)24-20-8-4-18(21)5-9-20/h2-10H,11-15H2,1H3/b16-10+. The summed E-state index contributed by atoms with van der Waals surface area (Å²) >= 11 is 5.88. The molecule has 3 rings (SSSR count). The van der Waals surface area contributed by atoms with Crippen LogP contribution in [0.2, 0.25) is 5.02 Å². The number of hydrogen-bond acceptors (Lipinski definition) is 3. The van der Waals surface area contributed by atoms with Crippen LogP contribution in [0, 0.1) is 0 Å². The summed E-state index contributed by atoms with van der Waals surface area (Å²) in [5, 5.41) is 0.707. The van der Waals surface area contributed by atoms with Crippen LogP contribution in [-0.4, -0.2) is 37.7 Å². The lowest BCUT2D eigenvalue weighted by Gasteiger charge is -2.25. The van der Waals surface area contributed by atoms with Gasteiger partial charge in [-0.2, -0.15) is 0 Å². The Morgan fingerprint density at radius 1 is 1.04 bits per heavy atom. The Labute approximate surface area is 148 Å². The molecule has 0 aromatic heterocycles. The van der Waals surface area contributed by atoms with E-state index in [0.29, 0.717) is 5.02 Å². The number of rotatable bonds is 5. The SMILES string of the molecule is C/C(=C\CN1CCOCC1)c1ccc(Oc2ccc(Cl)cc2)cc1. The van der Waals surface area contributed by atoms with E-state index in [1.807, 2.05) is 36.4 Å². The highest BCUT2D eigenvalue weighted by atomic mass is 35.5. The first-order chi connectivity index (χ1) is 11.7. The predicted molar refractivity (Wildman–Crippen MR) is 98.9 cm³/mol. The van der Waals surface area contributed by atoms with Crippen molar-refractivity contribution in [3.63, 3.8) is 0 Å². The molecule has 0 N–H and O–H groups in total. The van der Waals surface area contributed by atoms with Crippen molar-refractivity contribution in [3.8, 4) is 11.5 Å². The van der Waals surface area contributed by atoms with Gasteiger partial charge in [0, 0.05) is 24.7 Å². The average Bonchev–Trinajstić information content (AvgIpc) is 2.63. The van der Waals surface area contributed by atoms with Crippen LogP contribution in [0.15, 0.2) is 54.6 Å². The second-order valence-electron chi connectivity index (χ2n) is 5.88. The zero-order valence-corrected chi connectivity index (χ0v) is 14.6. The molecule has 3 nitrogen and oxygen atoms in total. The van der Waals surface area contributed by atoms with E-state index in [4.69, 9.17) is 21.1 Å². The summed E-state index contributed by atoms with van der Waals surface area (Å²) in [4.78, 5) is 2.41. The van der Waals surface area contributed by atoms with E-state index >= 15 is 0 Å². The fraction of sp³-hybridized carbons (Fsp3) is 0.300. The van der Waals surface area contributed by atoms with Gasteiger partial charge >= 0.3 is 0 Å². The monoisotopic (exact) mass is 343 g/mol. The van der Waals surface area contributed by atoms with E-state index in [1.54, 1.807) is 0 Å². The Morgan fingerprint density at radius 3 is 2.25 bits per heavy atom. The van der Waals surface area contributed by atoms with Gasteiger partial charge in [-0.3, -0.25) is 4.90 Å². The lowest BCUT2D eigenvalue weighted by Crippen LogP contribution is -2.36. The third kappa shape index (κ3) is 4.84. The summed E-state index contributed by atoms with van der Waals surface area (Å²) in [7, 11) is 0. The first-order valence-electron chi connectivity index (χ1n) is 8.21. The van der Waals surface area contributed by atoms with Gasteiger partial charge in [-0.1, -0.05) is 29.8 Å². The van der Waals surface area contributed by atoms with Crippen LogP contribution < -0.4 is 4.74 Å². The predicted octanol–water partition coefficient (Wildman–Crippen LogP) is 4.87. The van der Waals surface area contributed by atoms with Crippen LogP contribution in [0.3, 0.4) is 0 Å². The number of ether oxygens (including phenoxy) is 2. The van der Waals surface area contributed by atoms with Gasteiger partial charge in [0.1, 0.15) is 11.5 Å². The fourth-order valence-electron chi connectivity index (χ4n) is 2.59. The van der Waals surface area contributed by atoms with E-state index in [2.05, 4.69) is 30.0 Å².